The summed E-state index contributed by atoms with van der Waals surface area (Å²) in [5.41, 5.74) is 14.0. The fourth-order valence-corrected chi connectivity index (χ4v) is 4.89. The quantitative estimate of drug-likeness (QED) is 0.149. The van der Waals surface area contributed by atoms with Gasteiger partial charge in [0, 0.05) is 29.8 Å². The average molecular weight is 536 g/mol. The predicted molar refractivity (Wildman–Crippen MR) is 156 cm³/mol. The van der Waals surface area contributed by atoms with Gasteiger partial charge in [-0.05, 0) is 34.0 Å². The molecule has 2 heterocycles. The van der Waals surface area contributed by atoms with E-state index in [2.05, 4.69) is 4.98 Å². The molecule has 202 valence electrons. The van der Waals surface area contributed by atoms with E-state index in [0.717, 1.165) is 21.9 Å². The SMILES string of the molecule is CC(C)c1nc2c(C(=O)O)cn(Cc3ccc(C(=N)N)cc3)c(=O)c2n1Cc1ccc2ccc(C(=N)N)cc2c1. The maximum atomic E-state index is 13.9. The molecule has 5 aromatic rings. The maximum Gasteiger partial charge on any atom is 0.339 e. The van der Waals surface area contributed by atoms with Crippen LogP contribution >= 0.6 is 0 Å². The van der Waals surface area contributed by atoms with E-state index in [-0.39, 0.29) is 46.3 Å². The van der Waals surface area contributed by atoms with Gasteiger partial charge in [-0.15, -0.1) is 0 Å². The van der Waals surface area contributed by atoms with Gasteiger partial charge >= 0.3 is 5.97 Å². The van der Waals surface area contributed by atoms with Gasteiger partial charge in [0.15, 0.2) is 0 Å². The number of fused-ring (bicyclic) bond motifs is 2. The van der Waals surface area contributed by atoms with E-state index in [4.69, 9.17) is 22.3 Å². The lowest BCUT2D eigenvalue weighted by atomic mass is 10.0. The van der Waals surface area contributed by atoms with Crippen LogP contribution < -0.4 is 17.0 Å². The minimum Gasteiger partial charge on any atom is -0.478 e. The molecule has 40 heavy (non-hydrogen) atoms. The van der Waals surface area contributed by atoms with Crippen LogP contribution in [0.4, 0.5) is 0 Å². The Balaban J connectivity index is 1.66. The van der Waals surface area contributed by atoms with Crippen LogP contribution in [-0.4, -0.2) is 36.9 Å². The summed E-state index contributed by atoms with van der Waals surface area (Å²) >= 11 is 0. The molecule has 0 spiro atoms. The van der Waals surface area contributed by atoms with Gasteiger partial charge in [0.05, 0.1) is 6.54 Å². The number of nitrogen functional groups attached to an aromatic ring is 2. The lowest BCUT2D eigenvalue weighted by Gasteiger charge is -2.14. The van der Waals surface area contributed by atoms with E-state index >= 15 is 0 Å². The molecule has 0 unspecified atom stereocenters. The van der Waals surface area contributed by atoms with Gasteiger partial charge in [-0.2, -0.15) is 0 Å². The first-order valence-corrected chi connectivity index (χ1v) is 12.7. The fourth-order valence-electron chi connectivity index (χ4n) is 4.89. The van der Waals surface area contributed by atoms with E-state index in [9.17, 15) is 14.7 Å². The molecule has 0 saturated heterocycles. The first-order valence-electron chi connectivity index (χ1n) is 12.7. The molecule has 7 N–H and O–H groups in total. The van der Waals surface area contributed by atoms with Gasteiger partial charge in [-0.25, -0.2) is 9.78 Å². The molecular weight excluding hydrogens is 506 g/mol. The highest BCUT2D eigenvalue weighted by molar-refractivity contribution is 6.01. The van der Waals surface area contributed by atoms with Crippen LogP contribution in [0.15, 0.2) is 71.7 Å². The van der Waals surface area contributed by atoms with Crippen molar-refractivity contribution in [2.24, 2.45) is 11.5 Å². The number of aromatic carboxylic acids is 1. The molecular formula is C30H29N7O3. The Hall–Kier alpha value is -5.25. The average Bonchev–Trinajstić information content (AvgIpc) is 3.29. The van der Waals surface area contributed by atoms with Crippen molar-refractivity contribution in [2.75, 3.05) is 0 Å². The highest BCUT2D eigenvalue weighted by Crippen LogP contribution is 2.26. The number of pyridine rings is 1. The summed E-state index contributed by atoms with van der Waals surface area (Å²) in [5, 5.41) is 27.3. The van der Waals surface area contributed by atoms with Gasteiger partial charge in [0.25, 0.3) is 5.56 Å². The second-order valence-corrected chi connectivity index (χ2v) is 10.1. The van der Waals surface area contributed by atoms with Gasteiger partial charge in [0.2, 0.25) is 0 Å². The second kappa shape index (κ2) is 10.1. The Labute approximate surface area is 229 Å². The smallest absolute Gasteiger partial charge is 0.339 e. The molecule has 0 aliphatic carbocycles. The monoisotopic (exact) mass is 535 g/mol. The van der Waals surface area contributed by atoms with E-state index in [1.54, 1.807) is 34.9 Å². The maximum absolute atomic E-state index is 13.9. The normalized spacial score (nSPS) is 11.4. The predicted octanol–water partition coefficient (Wildman–Crippen LogP) is 3.84. The second-order valence-electron chi connectivity index (χ2n) is 10.1. The van der Waals surface area contributed by atoms with Crippen LogP contribution in [0.2, 0.25) is 0 Å². The van der Waals surface area contributed by atoms with Gasteiger partial charge in [-0.1, -0.05) is 62.4 Å². The molecule has 5 rings (SSSR count). The Bertz CT molecular complexity index is 1880. The zero-order valence-electron chi connectivity index (χ0n) is 22.1. The van der Waals surface area contributed by atoms with Crippen LogP contribution in [0.1, 0.15) is 58.2 Å². The zero-order valence-corrected chi connectivity index (χ0v) is 22.1. The molecule has 0 aliphatic rings. The Morgan fingerprint density at radius 2 is 1.52 bits per heavy atom. The lowest BCUT2D eigenvalue weighted by Crippen LogP contribution is -2.25. The number of hydrogen-bond donors (Lipinski definition) is 5. The Morgan fingerprint density at radius 1 is 0.900 bits per heavy atom. The standard InChI is InChI=1S/C30H29N7O3/c1-16(2)28-35-24-23(30(39)40)15-36(13-17-3-7-20(8-4-17)26(31)32)29(38)25(24)37(28)14-18-5-6-19-9-10-21(27(33)34)12-22(19)11-18/h3-12,15-16H,13-14H2,1-2H3,(H3,31,32)(H3,33,34)(H,39,40). The third-order valence-corrected chi connectivity index (χ3v) is 6.92. The summed E-state index contributed by atoms with van der Waals surface area (Å²) < 4.78 is 3.19. The van der Waals surface area contributed by atoms with Crippen LogP contribution in [0, 0.1) is 10.8 Å². The third-order valence-electron chi connectivity index (χ3n) is 6.92. The number of nitrogens with two attached hydrogens (primary N) is 2. The number of rotatable bonds is 8. The molecule has 0 saturated carbocycles. The summed E-state index contributed by atoms with van der Waals surface area (Å²) in [6, 6.07) is 18.4. The summed E-state index contributed by atoms with van der Waals surface area (Å²) in [7, 11) is 0. The van der Waals surface area contributed by atoms with Crippen LogP contribution in [-0.2, 0) is 13.1 Å². The van der Waals surface area contributed by atoms with Crippen molar-refractivity contribution in [2.45, 2.75) is 32.9 Å². The van der Waals surface area contributed by atoms with Gasteiger partial charge in [-0.3, -0.25) is 15.6 Å². The molecule has 10 nitrogen and oxygen atoms in total. The van der Waals surface area contributed by atoms with Crippen molar-refractivity contribution < 1.29 is 9.90 Å². The molecule has 0 atom stereocenters. The number of carboxylic acid groups (broad SMARTS) is 1. The van der Waals surface area contributed by atoms with Crippen LogP contribution in [0.3, 0.4) is 0 Å². The van der Waals surface area contributed by atoms with Crippen LogP contribution in [0.5, 0.6) is 0 Å². The molecule has 3 aromatic carbocycles. The molecule has 2 aromatic heterocycles. The first kappa shape index (κ1) is 26.4. The van der Waals surface area contributed by atoms with E-state index in [1.807, 2.05) is 44.2 Å². The minimum atomic E-state index is -1.17. The largest absolute Gasteiger partial charge is 0.478 e. The summed E-state index contributed by atoms with van der Waals surface area (Å²) in [6.45, 7) is 4.34. The van der Waals surface area contributed by atoms with Crippen LogP contribution in [0.25, 0.3) is 21.8 Å². The number of imidazole rings is 1. The number of aromatic nitrogens is 3. The van der Waals surface area contributed by atoms with Gasteiger partial charge in [0.1, 0.15) is 34.1 Å². The van der Waals surface area contributed by atoms with E-state index in [0.29, 0.717) is 23.5 Å². The van der Waals surface area contributed by atoms with Crippen molar-refractivity contribution in [1.82, 2.24) is 14.1 Å². The Kier molecular flexibility index (Phi) is 6.68. The zero-order chi connectivity index (χ0) is 28.7. The molecule has 0 amide bonds. The Morgan fingerprint density at radius 3 is 2.15 bits per heavy atom. The molecule has 0 aliphatic heterocycles. The van der Waals surface area contributed by atoms with Crippen molar-refractivity contribution in [3.63, 3.8) is 0 Å². The molecule has 0 bridgehead atoms. The number of benzene rings is 3. The number of nitrogens with zero attached hydrogens (tertiary/aromatic N) is 3. The molecule has 0 fully saturated rings. The van der Waals surface area contributed by atoms with E-state index < -0.39 is 5.97 Å². The summed E-state index contributed by atoms with van der Waals surface area (Å²) in [5.74, 6) is -0.725. The highest BCUT2D eigenvalue weighted by atomic mass is 16.4. The van der Waals surface area contributed by atoms with Crippen molar-refractivity contribution in [3.8, 4) is 0 Å². The van der Waals surface area contributed by atoms with Crippen molar-refractivity contribution in [3.05, 3.63) is 111 Å². The summed E-state index contributed by atoms with van der Waals surface area (Å²) in [4.78, 5) is 30.8. The first-order chi connectivity index (χ1) is 19.0. The van der Waals surface area contributed by atoms with Crippen molar-refractivity contribution in [1.29, 1.82) is 10.8 Å². The topological polar surface area (TPSA) is 177 Å². The lowest BCUT2D eigenvalue weighted by molar-refractivity contribution is 0.0698. The summed E-state index contributed by atoms with van der Waals surface area (Å²) in [6.07, 6.45) is 1.34. The van der Waals surface area contributed by atoms with Gasteiger partial charge < -0.3 is 25.7 Å². The molecule has 10 heteroatoms. The number of amidine groups is 2. The number of carbonyl (C=O) groups is 1. The number of carboxylic acids is 1. The third kappa shape index (κ3) is 4.82. The minimum absolute atomic E-state index is 0.0207. The molecule has 0 radical (unpaired) electrons. The fraction of sp³-hybridized carbons (Fsp3) is 0.167. The highest BCUT2D eigenvalue weighted by Gasteiger charge is 2.24. The van der Waals surface area contributed by atoms with Crippen molar-refractivity contribution >= 4 is 39.4 Å². The number of nitrogens with one attached hydrogen (secondary N) is 2. The number of hydrogen-bond acceptors (Lipinski definition) is 5. The van der Waals surface area contributed by atoms with E-state index in [1.165, 1.54) is 10.8 Å².